The van der Waals surface area contributed by atoms with E-state index in [2.05, 4.69) is 22.9 Å². The molecule has 0 saturated carbocycles. The first kappa shape index (κ1) is 13.4. The first-order chi connectivity index (χ1) is 6.35. The molecule has 1 nitrogen and oxygen atoms in total. The van der Waals surface area contributed by atoms with Crippen molar-refractivity contribution in [1.29, 1.82) is 0 Å². The highest BCUT2D eigenvalue weighted by molar-refractivity contribution is 9.09. The lowest BCUT2D eigenvalue weighted by atomic mass is 10.0. The van der Waals surface area contributed by atoms with E-state index in [1.165, 1.54) is 44.9 Å². The smallest absolute Gasteiger partial charge is 0.0467 e. The Bertz CT molecular complexity index is 92.1. The Morgan fingerprint density at radius 1 is 1.08 bits per heavy atom. The van der Waals surface area contributed by atoms with E-state index in [1.807, 2.05) is 0 Å². The lowest BCUT2D eigenvalue weighted by Crippen LogP contribution is -2.06. The van der Waals surface area contributed by atoms with Crippen molar-refractivity contribution in [1.82, 2.24) is 0 Å². The van der Waals surface area contributed by atoms with Gasteiger partial charge in [0.15, 0.2) is 0 Å². The van der Waals surface area contributed by atoms with Gasteiger partial charge in [-0.2, -0.15) is 0 Å². The molecule has 0 aromatic carbocycles. The van der Waals surface area contributed by atoms with Gasteiger partial charge in [-0.3, -0.25) is 0 Å². The number of aliphatic hydroxyl groups excluding tert-OH is 1. The van der Waals surface area contributed by atoms with Crippen molar-refractivity contribution in [3.63, 3.8) is 0 Å². The maximum absolute atomic E-state index is 8.94. The summed E-state index contributed by atoms with van der Waals surface area (Å²) in [6.07, 6.45) is 9.24. The standard InChI is InChI=1S/C11H23BrO/c1-2-3-4-5-6-7-8-11(9-12)10-13/h11,13H,2-10H2,1H3. The summed E-state index contributed by atoms with van der Waals surface area (Å²) in [6.45, 7) is 2.58. The van der Waals surface area contributed by atoms with Crippen molar-refractivity contribution in [2.24, 2.45) is 5.92 Å². The third kappa shape index (κ3) is 8.76. The first-order valence-electron chi connectivity index (χ1n) is 5.52. The molecule has 2 heteroatoms. The zero-order valence-corrected chi connectivity index (χ0v) is 10.4. The summed E-state index contributed by atoms with van der Waals surface area (Å²) in [6, 6.07) is 0. The van der Waals surface area contributed by atoms with Gasteiger partial charge in [-0.05, 0) is 12.3 Å². The molecular weight excluding hydrogens is 228 g/mol. The zero-order chi connectivity index (χ0) is 9.94. The molecule has 0 aliphatic heterocycles. The maximum atomic E-state index is 8.94. The summed E-state index contributed by atoms with van der Waals surface area (Å²) in [5.74, 6) is 0.478. The molecule has 0 aliphatic rings. The monoisotopic (exact) mass is 250 g/mol. The minimum Gasteiger partial charge on any atom is -0.396 e. The van der Waals surface area contributed by atoms with Gasteiger partial charge in [0.1, 0.15) is 0 Å². The van der Waals surface area contributed by atoms with Gasteiger partial charge in [-0.25, -0.2) is 0 Å². The van der Waals surface area contributed by atoms with Crippen molar-refractivity contribution in [3.05, 3.63) is 0 Å². The zero-order valence-electron chi connectivity index (χ0n) is 8.77. The van der Waals surface area contributed by atoms with E-state index >= 15 is 0 Å². The Hall–Kier alpha value is 0.440. The Morgan fingerprint density at radius 3 is 2.23 bits per heavy atom. The molecule has 0 aromatic rings. The highest BCUT2D eigenvalue weighted by Gasteiger charge is 2.03. The van der Waals surface area contributed by atoms with Crippen LogP contribution in [-0.4, -0.2) is 17.0 Å². The second-order valence-electron chi connectivity index (χ2n) is 3.76. The van der Waals surface area contributed by atoms with Crippen molar-refractivity contribution < 1.29 is 5.11 Å². The maximum Gasteiger partial charge on any atom is 0.0467 e. The second kappa shape index (κ2) is 10.5. The van der Waals surface area contributed by atoms with Crippen molar-refractivity contribution in [3.8, 4) is 0 Å². The van der Waals surface area contributed by atoms with E-state index in [0.29, 0.717) is 12.5 Å². The van der Waals surface area contributed by atoms with E-state index in [-0.39, 0.29) is 0 Å². The molecule has 0 aliphatic carbocycles. The molecule has 1 N–H and O–H groups in total. The lowest BCUT2D eigenvalue weighted by molar-refractivity contribution is 0.230. The number of hydrogen-bond acceptors (Lipinski definition) is 1. The number of aliphatic hydroxyl groups is 1. The van der Waals surface area contributed by atoms with E-state index in [9.17, 15) is 0 Å². The lowest BCUT2D eigenvalue weighted by Gasteiger charge is -2.09. The normalized spacial score (nSPS) is 13.2. The van der Waals surface area contributed by atoms with Crippen LogP contribution in [0.15, 0.2) is 0 Å². The van der Waals surface area contributed by atoms with E-state index in [4.69, 9.17) is 5.11 Å². The van der Waals surface area contributed by atoms with Crippen LogP contribution >= 0.6 is 15.9 Å². The van der Waals surface area contributed by atoms with Crippen LogP contribution < -0.4 is 0 Å². The van der Waals surface area contributed by atoms with E-state index in [1.54, 1.807) is 0 Å². The number of unbranched alkanes of at least 4 members (excludes halogenated alkanes) is 5. The molecule has 0 fully saturated rings. The molecule has 13 heavy (non-hydrogen) atoms. The quantitative estimate of drug-likeness (QED) is 0.489. The van der Waals surface area contributed by atoms with Crippen LogP contribution in [0.1, 0.15) is 51.9 Å². The fraction of sp³-hybridized carbons (Fsp3) is 1.00. The van der Waals surface area contributed by atoms with Crippen LogP contribution in [0.5, 0.6) is 0 Å². The van der Waals surface area contributed by atoms with Crippen molar-refractivity contribution in [2.75, 3.05) is 11.9 Å². The van der Waals surface area contributed by atoms with Gasteiger partial charge in [0.25, 0.3) is 0 Å². The first-order valence-corrected chi connectivity index (χ1v) is 6.64. The van der Waals surface area contributed by atoms with Gasteiger partial charge in [0, 0.05) is 11.9 Å². The average Bonchev–Trinajstić information content (AvgIpc) is 2.17. The molecule has 0 bridgehead atoms. The number of hydrogen-bond donors (Lipinski definition) is 1. The van der Waals surface area contributed by atoms with Gasteiger partial charge in [-0.15, -0.1) is 0 Å². The Kier molecular flexibility index (Phi) is 10.9. The molecular formula is C11H23BrO. The summed E-state index contributed by atoms with van der Waals surface area (Å²) in [7, 11) is 0. The van der Waals surface area contributed by atoms with E-state index < -0.39 is 0 Å². The third-order valence-electron chi connectivity index (χ3n) is 2.44. The molecule has 1 unspecified atom stereocenters. The van der Waals surface area contributed by atoms with Crippen molar-refractivity contribution >= 4 is 15.9 Å². The molecule has 0 amide bonds. The molecule has 0 aromatic heterocycles. The Labute approximate surface area is 91.1 Å². The van der Waals surface area contributed by atoms with Crippen LogP contribution in [0.2, 0.25) is 0 Å². The number of alkyl halides is 1. The summed E-state index contributed by atoms with van der Waals surface area (Å²) in [5.41, 5.74) is 0. The summed E-state index contributed by atoms with van der Waals surface area (Å²) < 4.78 is 0. The van der Waals surface area contributed by atoms with Crippen LogP contribution in [0.4, 0.5) is 0 Å². The van der Waals surface area contributed by atoms with Crippen LogP contribution in [0, 0.1) is 5.92 Å². The molecule has 0 heterocycles. The second-order valence-corrected chi connectivity index (χ2v) is 4.41. The highest BCUT2D eigenvalue weighted by Crippen LogP contribution is 2.13. The van der Waals surface area contributed by atoms with Crippen molar-refractivity contribution in [2.45, 2.75) is 51.9 Å². The molecule has 1 atom stereocenters. The van der Waals surface area contributed by atoms with Crippen LogP contribution in [0.25, 0.3) is 0 Å². The molecule has 0 rings (SSSR count). The Balaban J connectivity index is 3.05. The molecule has 0 radical (unpaired) electrons. The summed E-state index contributed by atoms with van der Waals surface area (Å²) in [4.78, 5) is 0. The molecule has 0 spiro atoms. The predicted octanol–water partition coefficient (Wildman–Crippen LogP) is 3.74. The van der Waals surface area contributed by atoms with Gasteiger partial charge in [0.2, 0.25) is 0 Å². The topological polar surface area (TPSA) is 20.2 Å². The van der Waals surface area contributed by atoms with Crippen LogP contribution in [-0.2, 0) is 0 Å². The van der Waals surface area contributed by atoms with Crippen LogP contribution in [0.3, 0.4) is 0 Å². The minimum absolute atomic E-state index is 0.334. The Morgan fingerprint density at radius 2 is 1.69 bits per heavy atom. The van der Waals surface area contributed by atoms with E-state index in [0.717, 1.165) is 5.33 Å². The van der Waals surface area contributed by atoms with Gasteiger partial charge >= 0.3 is 0 Å². The highest BCUT2D eigenvalue weighted by atomic mass is 79.9. The summed E-state index contributed by atoms with van der Waals surface area (Å²) >= 11 is 3.41. The predicted molar refractivity (Wildman–Crippen MR) is 62.4 cm³/mol. The number of rotatable bonds is 9. The van der Waals surface area contributed by atoms with Gasteiger partial charge in [0.05, 0.1) is 0 Å². The SMILES string of the molecule is CCCCCCCCC(CO)CBr. The molecule has 80 valence electrons. The summed E-state index contributed by atoms with van der Waals surface area (Å²) in [5, 5.41) is 9.88. The van der Waals surface area contributed by atoms with Gasteiger partial charge < -0.3 is 5.11 Å². The third-order valence-corrected chi connectivity index (χ3v) is 3.36. The number of halogens is 1. The fourth-order valence-corrected chi connectivity index (χ4v) is 1.96. The van der Waals surface area contributed by atoms with Gasteiger partial charge in [-0.1, -0.05) is 61.4 Å². The fourth-order valence-electron chi connectivity index (χ4n) is 1.43. The average molecular weight is 251 g/mol. The largest absolute Gasteiger partial charge is 0.396 e. The minimum atomic E-state index is 0.334. The molecule has 0 saturated heterocycles.